The van der Waals surface area contributed by atoms with E-state index in [-0.39, 0.29) is 5.56 Å². The molecule has 0 radical (unpaired) electrons. The number of rotatable bonds is 5. The van der Waals surface area contributed by atoms with Gasteiger partial charge in [-0.25, -0.2) is 13.6 Å². The monoisotopic (exact) mass is 426 g/mol. The van der Waals surface area contributed by atoms with Crippen molar-refractivity contribution in [3.05, 3.63) is 70.8 Å². The number of nitrogens with zero attached hydrogens (tertiary/aromatic N) is 1. The zero-order chi connectivity index (χ0) is 22.2. The van der Waals surface area contributed by atoms with Gasteiger partial charge in [0.05, 0.1) is 6.54 Å². The number of carbonyl (C=O) groups excluding carboxylic acids is 3. The molecule has 1 aliphatic carbocycles. The van der Waals surface area contributed by atoms with E-state index in [0.29, 0.717) is 11.5 Å². The molecule has 2 aromatic carbocycles. The quantitative estimate of drug-likeness (QED) is 0.559. The van der Waals surface area contributed by atoms with Gasteiger partial charge < -0.3 is 5.32 Å². The Bertz CT molecular complexity index is 1030. The number of imide groups is 1. The van der Waals surface area contributed by atoms with Crippen LogP contribution in [0.4, 0.5) is 13.6 Å². The number of hydrogen-bond donors (Lipinski definition) is 1. The molecule has 31 heavy (non-hydrogen) atoms. The predicted molar refractivity (Wildman–Crippen MR) is 111 cm³/mol. The molecule has 1 saturated heterocycles. The molecule has 2 aromatic rings. The summed E-state index contributed by atoms with van der Waals surface area (Å²) < 4.78 is 27.9. The number of ketones is 1. The zero-order valence-corrected chi connectivity index (χ0v) is 17.3. The third kappa shape index (κ3) is 3.96. The maximum Gasteiger partial charge on any atom is 0.325 e. The molecule has 3 amide bonds. The lowest BCUT2D eigenvalue weighted by Crippen LogP contribution is -2.42. The van der Waals surface area contributed by atoms with Crippen molar-refractivity contribution >= 4 is 17.7 Å². The third-order valence-electron chi connectivity index (χ3n) is 6.35. The van der Waals surface area contributed by atoms with Crippen LogP contribution in [-0.4, -0.2) is 29.2 Å². The van der Waals surface area contributed by atoms with Crippen molar-refractivity contribution in [1.29, 1.82) is 0 Å². The van der Waals surface area contributed by atoms with Gasteiger partial charge in [-0.1, -0.05) is 43.5 Å². The molecule has 1 saturated carbocycles. The van der Waals surface area contributed by atoms with Gasteiger partial charge in [0.25, 0.3) is 5.91 Å². The summed E-state index contributed by atoms with van der Waals surface area (Å²) >= 11 is 0. The van der Waals surface area contributed by atoms with E-state index in [1.54, 1.807) is 12.1 Å². The Labute approximate surface area is 179 Å². The SMILES string of the molecule is CC1(c2cc(F)ccc2F)NC(=O)N(CC(=O)c2ccc(C3CCCCC3)cc2)C1=O. The van der Waals surface area contributed by atoms with Crippen LogP contribution < -0.4 is 5.32 Å². The first-order valence-electron chi connectivity index (χ1n) is 10.5. The third-order valence-corrected chi connectivity index (χ3v) is 6.35. The minimum atomic E-state index is -1.78. The Kier molecular flexibility index (Phi) is 5.60. The fourth-order valence-corrected chi connectivity index (χ4v) is 4.52. The molecule has 0 bridgehead atoms. The van der Waals surface area contributed by atoms with E-state index in [9.17, 15) is 23.2 Å². The Morgan fingerprint density at radius 1 is 1.06 bits per heavy atom. The standard InChI is InChI=1S/C24H24F2N2O3/c1-24(19-13-18(25)11-12-20(19)26)22(30)28(23(31)27-24)14-21(29)17-9-7-16(8-10-17)15-5-3-2-4-6-15/h7-13,15H,2-6,14H2,1H3,(H,27,31). The molecule has 2 aliphatic rings. The van der Waals surface area contributed by atoms with E-state index in [1.807, 2.05) is 12.1 Å². The number of urea groups is 1. The van der Waals surface area contributed by atoms with E-state index in [2.05, 4.69) is 5.32 Å². The van der Waals surface area contributed by atoms with Gasteiger partial charge >= 0.3 is 6.03 Å². The highest BCUT2D eigenvalue weighted by molar-refractivity contribution is 6.11. The van der Waals surface area contributed by atoms with Crippen LogP contribution in [0.25, 0.3) is 0 Å². The van der Waals surface area contributed by atoms with Crippen molar-refractivity contribution in [3.63, 3.8) is 0 Å². The van der Waals surface area contributed by atoms with Crippen LogP contribution in [-0.2, 0) is 10.3 Å². The molecular formula is C24H24F2N2O3. The lowest BCUT2D eigenvalue weighted by atomic mass is 9.84. The molecule has 1 aliphatic heterocycles. The van der Waals surface area contributed by atoms with Crippen molar-refractivity contribution in [2.24, 2.45) is 0 Å². The minimum Gasteiger partial charge on any atom is -0.319 e. The summed E-state index contributed by atoms with van der Waals surface area (Å²) in [4.78, 5) is 38.8. The van der Waals surface area contributed by atoms with Crippen LogP contribution in [0.1, 0.15) is 66.4 Å². The van der Waals surface area contributed by atoms with Crippen LogP contribution >= 0.6 is 0 Å². The number of benzene rings is 2. The van der Waals surface area contributed by atoms with Crippen molar-refractivity contribution in [2.45, 2.75) is 50.5 Å². The van der Waals surface area contributed by atoms with Crippen molar-refractivity contribution < 1.29 is 23.2 Å². The lowest BCUT2D eigenvalue weighted by molar-refractivity contribution is -0.130. The van der Waals surface area contributed by atoms with Gasteiger partial charge in [0.15, 0.2) is 5.78 Å². The largest absolute Gasteiger partial charge is 0.325 e. The molecule has 162 valence electrons. The molecular weight excluding hydrogens is 402 g/mol. The second-order valence-corrected chi connectivity index (χ2v) is 8.45. The van der Waals surface area contributed by atoms with Crippen LogP contribution in [0.2, 0.25) is 0 Å². The fraction of sp³-hybridized carbons (Fsp3) is 0.375. The molecule has 1 atom stereocenters. The van der Waals surface area contributed by atoms with E-state index >= 15 is 0 Å². The van der Waals surface area contributed by atoms with Crippen molar-refractivity contribution in [2.75, 3.05) is 6.54 Å². The van der Waals surface area contributed by atoms with Crippen LogP contribution in [0, 0.1) is 11.6 Å². The normalized spacial score (nSPS) is 22.0. The molecule has 7 heteroatoms. The minimum absolute atomic E-state index is 0.280. The Morgan fingerprint density at radius 2 is 1.74 bits per heavy atom. The highest BCUT2D eigenvalue weighted by atomic mass is 19.1. The van der Waals surface area contributed by atoms with Crippen LogP contribution in [0.3, 0.4) is 0 Å². The molecule has 4 rings (SSSR count). The lowest BCUT2D eigenvalue weighted by Gasteiger charge is -2.23. The van der Waals surface area contributed by atoms with Gasteiger partial charge in [-0.2, -0.15) is 0 Å². The number of nitrogens with one attached hydrogen (secondary N) is 1. The van der Waals surface area contributed by atoms with Gasteiger partial charge in [0.1, 0.15) is 17.2 Å². The summed E-state index contributed by atoms with van der Waals surface area (Å²) in [5, 5.41) is 2.40. The maximum absolute atomic E-state index is 14.3. The second-order valence-electron chi connectivity index (χ2n) is 8.45. The highest BCUT2D eigenvalue weighted by Gasteiger charge is 2.50. The molecule has 1 heterocycles. The number of halogens is 2. The second kappa shape index (κ2) is 8.21. The molecule has 1 unspecified atom stereocenters. The summed E-state index contributed by atoms with van der Waals surface area (Å²) in [5.74, 6) is -2.24. The summed E-state index contributed by atoms with van der Waals surface area (Å²) in [6, 6.07) is 9.19. The Balaban J connectivity index is 1.50. The number of amides is 3. The van der Waals surface area contributed by atoms with Gasteiger partial charge in [0, 0.05) is 11.1 Å². The number of hydrogen-bond acceptors (Lipinski definition) is 3. The number of carbonyl (C=O) groups is 3. The fourth-order valence-electron chi connectivity index (χ4n) is 4.52. The van der Waals surface area contributed by atoms with Crippen LogP contribution in [0.15, 0.2) is 42.5 Å². The summed E-state index contributed by atoms with van der Waals surface area (Å²) in [6.07, 6.45) is 5.97. The average Bonchev–Trinajstić information content (AvgIpc) is 2.99. The van der Waals surface area contributed by atoms with E-state index in [4.69, 9.17) is 0 Å². The first kappa shape index (κ1) is 21.2. The zero-order valence-electron chi connectivity index (χ0n) is 17.3. The average molecular weight is 426 g/mol. The van der Waals surface area contributed by atoms with Gasteiger partial charge in [-0.15, -0.1) is 0 Å². The first-order chi connectivity index (χ1) is 14.8. The molecule has 5 nitrogen and oxygen atoms in total. The molecule has 1 N–H and O–H groups in total. The Hall–Kier alpha value is -3.09. The molecule has 0 spiro atoms. The summed E-state index contributed by atoms with van der Waals surface area (Å²) in [5.41, 5.74) is -0.474. The van der Waals surface area contributed by atoms with Gasteiger partial charge in [0.2, 0.25) is 0 Å². The van der Waals surface area contributed by atoms with Crippen molar-refractivity contribution in [1.82, 2.24) is 10.2 Å². The molecule has 0 aromatic heterocycles. The van der Waals surface area contributed by atoms with E-state index in [1.165, 1.54) is 31.7 Å². The van der Waals surface area contributed by atoms with E-state index < -0.39 is 41.4 Å². The van der Waals surface area contributed by atoms with Gasteiger partial charge in [-0.05, 0) is 49.4 Å². The molecule has 2 fully saturated rings. The van der Waals surface area contributed by atoms with Crippen LogP contribution in [0.5, 0.6) is 0 Å². The number of Topliss-reactive ketones (excluding diaryl/α,β-unsaturated/α-hetero) is 1. The first-order valence-corrected chi connectivity index (χ1v) is 10.5. The predicted octanol–water partition coefficient (Wildman–Crippen LogP) is 4.66. The Morgan fingerprint density at radius 3 is 2.42 bits per heavy atom. The van der Waals surface area contributed by atoms with E-state index in [0.717, 1.165) is 35.9 Å². The summed E-state index contributed by atoms with van der Waals surface area (Å²) in [7, 11) is 0. The highest BCUT2D eigenvalue weighted by Crippen LogP contribution is 2.33. The van der Waals surface area contributed by atoms with Crippen molar-refractivity contribution in [3.8, 4) is 0 Å². The smallest absolute Gasteiger partial charge is 0.319 e. The topological polar surface area (TPSA) is 66.5 Å². The summed E-state index contributed by atoms with van der Waals surface area (Å²) in [6.45, 7) is 0.828. The van der Waals surface area contributed by atoms with Gasteiger partial charge in [-0.3, -0.25) is 14.5 Å². The maximum atomic E-state index is 14.3.